The molecule has 0 amide bonds. The number of hydrogen-bond acceptors (Lipinski definition) is 4. The van der Waals surface area contributed by atoms with Crippen molar-refractivity contribution in [2.45, 2.75) is 6.54 Å². The average Bonchev–Trinajstić information content (AvgIpc) is 3.03. The molecule has 7 nitrogen and oxygen atoms in total. The van der Waals surface area contributed by atoms with Crippen LogP contribution in [0.5, 0.6) is 0 Å². The Balaban J connectivity index is 0.000000380. The second-order valence-corrected chi connectivity index (χ2v) is 5.85. The fourth-order valence-corrected chi connectivity index (χ4v) is 2.47. The summed E-state index contributed by atoms with van der Waals surface area (Å²) in [6.45, 7) is 0.652. The highest BCUT2D eigenvalue weighted by atomic mass is 35.5. The first kappa shape index (κ1) is 20.0. The fourth-order valence-electron chi connectivity index (χ4n) is 2.27. The lowest BCUT2D eigenvalue weighted by Gasteiger charge is -2.09. The van der Waals surface area contributed by atoms with Crippen LogP contribution in [0.2, 0.25) is 5.02 Å². The van der Waals surface area contributed by atoms with Crippen molar-refractivity contribution in [2.75, 3.05) is 5.32 Å². The molecule has 0 saturated heterocycles. The van der Waals surface area contributed by atoms with Gasteiger partial charge in [0.15, 0.2) is 0 Å². The van der Waals surface area contributed by atoms with Crippen LogP contribution in [0.1, 0.15) is 5.56 Å². The molecule has 3 rings (SSSR count). The van der Waals surface area contributed by atoms with Gasteiger partial charge in [-0.1, -0.05) is 60.1 Å². The van der Waals surface area contributed by atoms with Gasteiger partial charge in [-0.3, -0.25) is 0 Å². The van der Waals surface area contributed by atoms with E-state index in [1.807, 2.05) is 60.3 Å². The molecule has 0 fully saturated rings. The Labute approximate surface area is 160 Å². The van der Waals surface area contributed by atoms with Gasteiger partial charge < -0.3 is 20.1 Å². The molecule has 0 spiro atoms. The van der Waals surface area contributed by atoms with Crippen LogP contribution in [0.25, 0.3) is 11.3 Å². The molecule has 3 aromatic rings. The highest BCUT2D eigenvalue weighted by molar-refractivity contribution is 6.31. The first-order chi connectivity index (χ1) is 12.9. The van der Waals surface area contributed by atoms with Crippen LogP contribution in [-0.2, 0) is 23.2 Å². The van der Waals surface area contributed by atoms with E-state index in [2.05, 4.69) is 22.4 Å². The first-order valence-corrected chi connectivity index (χ1v) is 8.28. The van der Waals surface area contributed by atoms with Gasteiger partial charge in [-0.25, -0.2) is 14.6 Å². The minimum Gasteiger partial charge on any atom is -0.473 e. The van der Waals surface area contributed by atoms with E-state index in [0.717, 1.165) is 27.8 Å². The second kappa shape index (κ2) is 9.40. The van der Waals surface area contributed by atoms with E-state index >= 15 is 0 Å². The van der Waals surface area contributed by atoms with Crippen LogP contribution in [0.15, 0.2) is 60.8 Å². The maximum atomic E-state index is 9.10. The molecule has 140 valence electrons. The minimum atomic E-state index is -1.82. The maximum absolute atomic E-state index is 9.10. The Kier molecular flexibility index (Phi) is 6.96. The molecule has 0 radical (unpaired) electrons. The molecule has 0 bridgehead atoms. The molecule has 2 aromatic carbocycles. The van der Waals surface area contributed by atoms with Crippen LogP contribution in [-0.4, -0.2) is 31.7 Å². The third-order valence-corrected chi connectivity index (χ3v) is 4.00. The molecule has 0 aliphatic carbocycles. The highest BCUT2D eigenvalue weighted by Crippen LogP contribution is 2.22. The summed E-state index contributed by atoms with van der Waals surface area (Å²) in [6.07, 6.45) is 1.88. The summed E-state index contributed by atoms with van der Waals surface area (Å²) in [5, 5.41) is 18.9. The summed E-state index contributed by atoms with van der Waals surface area (Å²) in [6, 6.07) is 18.0. The van der Waals surface area contributed by atoms with Gasteiger partial charge in [-0.05, 0) is 17.2 Å². The summed E-state index contributed by atoms with van der Waals surface area (Å²) in [4.78, 5) is 22.6. The number of carbonyl (C=O) groups is 2. The normalized spacial score (nSPS) is 9.85. The smallest absolute Gasteiger partial charge is 0.414 e. The summed E-state index contributed by atoms with van der Waals surface area (Å²) in [7, 11) is 2.00. The van der Waals surface area contributed by atoms with Crippen molar-refractivity contribution in [3.8, 4) is 11.3 Å². The van der Waals surface area contributed by atoms with Crippen molar-refractivity contribution in [3.05, 3.63) is 71.4 Å². The highest BCUT2D eigenvalue weighted by Gasteiger charge is 2.08. The third kappa shape index (κ3) is 5.58. The SMILES string of the molecule is Cn1c(-c2ccccc2)cnc1NCc1ccccc1Cl.O=C(O)C(=O)O. The largest absolute Gasteiger partial charge is 0.473 e. The molecular weight excluding hydrogens is 370 g/mol. The molecule has 0 aliphatic rings. The monoisotopic (exact) mass is 387 g/mol. The summed E-state index contributed by atoms with van der Waals surface area (Å²) < 4.78 is 2.05. The number of carboxylic acid groups (broad SMARTS) is 2. The van der Waals surface area contributed by atoms with E-state index < -0.39 is 11.9 Å². The molecule has 0 saturated carbocycles. The van der Waals surface area contributed by atoms with Gasteiger partial charge in [0.1, 0.15) is 0 Å². The van der Waals surface area contributed by atoms with Gasteiger partial charge in [-0.15, -0.1) is 0 Å². The van der Waals surface area contributed by atoms with E-state index in [4.69, 9.17) is 31.4 Å². The Morgan fingerprint density at radius 1 is 1.04 bits per heavy atom. The molecule has 1 aromatic heterocycles. The number of aliphatic carboxylic acids is 2. The number of rotatable bonds is 4. The van der Waals surface area contributed by atoms with Gasteiger partial charge >= 0.3 is 11.9 Å². The number of carboxylic acids is 2. The first-order valence-electron chi connectivity index (χ1n) is 7.90. The number of halogens is 1. The van der Waals surface area contributed by atoms with Crippen molar-refractivity contribution in [3.63, 3.8) is 0 Å². The number of anilines is 1. The maximum Gasteiger partial charge on any atom is 0.414 e. The van der Waals surface area contributed by atoms with Crippen molar-refractivity contribution in [1.29, 1.82) is 0 Å². The lowest BCUT2D eigenvalue weighted by Crippen LogP contribution is -2.09. The number of nitrogens with one attached hydrogen (secondary N) is 1. The quantitative estimate of drug-likeness (QED) is 0.592. The van der Waals surface area contributed by atoms with E-state index in [-0.39, 0.29) is 0 Å². The zero-order valence-electron chi connectivity index (χ0n) is 14.5. The van der Waals surface area contributed by atoms with E-state index in [1.165, 1.54) is 0 Å². The van der Waals surface area contributed by atoms with Gasteiger partial charge in [0.05, 0.1) is 11.9 Å². The Bertz CT molecular complexity index is 914. The van der Waals surface area contributed by atoms with Crippen LogP contribution < -0.4 is 5.32 Å². The molecule has 8 heteroatoms. The van der Waals surface area contributed by atoms with Gasteiger partial charge in [0.25, 0.3) is 0 Å². The van der Waals surface area contributed by atoms with Crippen molar-refractivity contribution in [2.24, 2.45) is 7.05 Å². The predicted molar refractivity (Wildman–Crippen MR) is 103 cm³/mol. The zero-order valence-corrected chi connectivity index (χ0v) is 15.2. The fraction of sp³-hybridized carbons (Fsp3) is 0.105. The molecular formula is C19H18ClN3O4. The third-order valence-electron chi connectivity index (χ3n) is 3.64. The molecule has 0 unspecified atom stereocenters. The Hall–Kier alpha value is -3.32. The second-order valence-electron chi connectivity index (χ2n) is 5.45. The molecule has 0 atom stereocenters. The Morgan fingerprint density at radius 2 is 1.63 bits per heavy atom. The standard InChI is InChI=1S/C17H16ClN3.C2H2O4/c1-21-16(13-7-3-2-4-8-13)12-20-17(21)19-11-14-9-5-6-10-15(14)18;3-1(4)2(5)6/h2-10,12H,11H2,1H3,(H,19,20);(H,3,4)(H,5,6). The van der Waals surface area contributed by atoms with Gasteiger partial charge in [-0.2, -0.15) is 0 Å². The van der Waals surface area contributed by atoms with E-state index in [0.29, 0.717) is 6.54 Å². The number of hydrogen-bond donors (Lipinski definition) is 3. The van der Waals surface area contributed by atoms with E-state index in [1.54, 1.807) is 0 Å². The van der Waals surface area contributed by atoms with Gasteiger partial charge in [0.2, 0.25) is 5.95 Å². The molecule has 3 N–H and O–H groups in total. The Morgan fingerprint density at radius 3 is 2.22 bits per heavy atom. The van der Waals surface area contributed by atoms with E-state index in [9.17, 15) is 0 Å². The predicted octanol–water partition coefficient (Wildman–Crippen LogP) is 3.51. The van der Waals surface area contributed by atoms with Crippen molar-refractivity contribution >= 4 is 29.5 Å². The zero-order chi connectivity index (χ0) is 19.8. The van der Waals surface area contributed by atoms with Crippen LogP contribution in [0.3, 0.4) is 0 Å². The van der Waals surface area contributed by atoms with Crippen LogP contribution in [0.4, 0.5) is 5.95 Å². The topological polar surface area (TPSA) is 104 Å². The van der Waals surface area contributed by atoms with Crippen LogP contribution in [0, 0.1) is 0 Å². The van der Waals surface area contributed by atoms with Crippen molar-refractivity contribution < 1.29 is 19.8 Å². The average molecular weight is 388 g/mol. The van der Waals surface area contributed by atoms with Gasteiger partial charge in [0, 0.05) is 18.6 Å². The lowest BCUT2D eigenvalue weighted by atomic mass is 10.2. The van der Waals surface area contributed by atoms with Crippen molar-refractivity contribution in [1.82, 2.24) is 9.55 Å². The number of imidazole rings is 1. The molecule has 27 heavy (non-hydrogen) atoms. The summed E-state index contributed by atoms with van der Waals surface area (Å²) in [5.74, 6) is -2.82. The van der Waals surface area contributed by atoms with Crippen LogP contribution >= 0.6 is 11.6 Å². The number of aromatic nitrogens is 2. The lowest BCUT2D eigenvalue weighted by molar-refractivity contribution is -0.159. The summed E-state index contributed by atoms with van der Waals surface area (Å²) in [5.41, 5.74) is 3.29. The number of nitrogens with zero attached hydrogens (tertiary/aromatic N) is 2. The number of benzene rings is 2. The summed E-state index contributed by atoms with van der Waals surface area (Å²) >= 11 is 6.16. The molecule has 1 heterocycles. The minimum absolute atomic E-state index is 0.652. The molecule has 0 aliphatic heterocycles.